The van der Waals surface area contributed by atoms with Crippen molar-refractivity contribution in [1.82, 2.24) is 9.97 Å². The second-order valence-electron chi connectivity index (χ2n) is 3.22. The van der Waals surface area contributed by atoms with Crippen LogP contribution in [0.3, 0.4) is 0 Å². The van der Waals surface area contributed by atoms with Crippen LogP contribution in [-0.4, -0.2) is 17.1 Å². The standard InChI is InChI=1S/C12H10N4O/c1-17-11-5-3-2-4-10(11)16-12-9(6-13)7-14-8-15-12/h2-5,7-8H,1H3,(H,14,15,16). The number of aromatic nitrogens is 2. The lowest BCUT2D eigenvalue weighted by Crippen LogP contribution is -1.99. The molecule has 2 aromatic rings. The lowest BCUT2D eigenvalue weighted by molar-refractivity contribution is 0.417. The van der Waals surface area contributed by atoms with Gasteiger partial charge in [0, 0.05) is 0 Å². The minimum Gasteiger partial charge on any atom is -0.495 e. The molecule has 0 radical (unpaired) electrons. The number of nitriles is 1. The molecule has 1 heterocycles. The SMILES string of the molecule is COc1ccccc1Nc1ncncc1C#N. The molecule has 84 valence electrons. The maximum atomic E-state index is 8.92. The quantitative estimate of drug-likeness (QED) is 0.867. The summed E-state index contributed by atoms with van der Waals surface area (Å²) in [6.07, 6.45) is 2.85. The molecule has 0 fully saturated rings. The monoisotopic (exact) mass is 226 g/mol. The van der Waals surface area contributed by atoms with E-state index in [9.17, 15) is 0 Å². The Morgan fingerprint density at radius 2 is 2.18 bits per heavy atom. The molecule has 0 spiro atoms. The van der Waals surface area contributed by atoms with Gasteiger partial charge in [-0.2, -0.15) is 5.26 Å². The second kappa shape index (κ2) is 4.94. The Morgan fingerprint density at radius 1 is 1.35 bits per heavy atom. The number of hydrogen-bond acceptors (Lipinski definition) is 5. The number of nitrogens with zero attached hydrogens (tertiary/aromatic N) is 3. The summed E-state index contributed by atoms with van der Waals surface area (Å²) in [4.78, 5) is 7.82. The zero-order chi connectivity index (χ0) is 12.1. The van der Waals surface area contributed by atoms with Crippen molar-refractivity contribution >= 4 is 11.5 Å². The van der Waals surface area contributed by atoms with Gasteiger partial charge in [0.25, 0.3) is 0 Å². The minimum absolute atomic E-state index is 0.387. The summed E-state index contributed by atoms with van der Waals surface area (Å²) in [5, 5.41) is 12.0. The first-order chi connectivity index (χ1) is 8.35. The van der Waals surface area contributed by atoms with Crippen LogP contribution in [0.5, 0.6) is 5.75 Å². The van der Waals surface area contributed by atoms with Gasteiger partial charge in [-0.1, -0.05) is 12.1 Å². The first-order valence-electron chi connectivity index (χ1n) is 4.95. The van der Waals surface area contributed by atoms with Gasteiger partial charge in [-0.3, -0.25) is 0 Å². The van der Waals surface area contributed by atoms with E-state index in [4.69, 9.17) is 10.00 Å². The second-order valence-corrected chi connectivity index (χ2v) is 3.22. The van der Waals surface area contributed by atoms with Crippen LogP contribution in [0.1, 0.15) is 5.56 Å². The topological polar surface area (TPSA) is 70.8 Å². The third-order valence-corrected chi connectivity index (χ3v) is 2.19. The summed E-state index contributed by atoms with van der Waals surface area (Å²) in [7, 11) is 1.59. The van der Waals surface area contributed by atoms with Crippen molar-refractivity contribution in [2.24, 2.45) is 0 Å². The van der Waals surface area contributed by atoms with Crippen LogP contribution in [-0.2, 0) is 0 Å². The van der Waals surface area contributed by atoms with Gasteiger partial charge in [-0.05, 0) is 12.1 Å². The molecule has 0 atom stereocenters. The highest BCUT2D eigenvalue weighted by Gasteiger charge is 2.06. The Morgan fingerprint density at radius 3 is 2.94 bits per heavy atom. The third-order valence-electron chi connectivity index (χ3n) is 2.19. The maximum Gasteiger partial charge on any atom is 0.151 e. The Hall–Kier alpha value is -2.61. The average Bonchev–Trinajstić information content (AvgIpc) is 2.40. The van der Waals surface area contributed by atoms with Crippen LogP contribution in [0.25, 0.3) is 0 Å². The summed E-state index contributed by atoms with van der Waals surface area (Å²) in [5.41, 5.74) is 1.14. The van der Waals surface area contributed by atoms with Crippen molar-refractivity contribution in [2.75, 3.05) is 12.4 Å². The lowest BCUT2D eigenvalue weighted by atomic mass is 10.2. The zero-order valence-electron chi connectivity index (χ0n) is 9.21. The van der Waals surface area contributed by atoms with Gasteiger partial charge in [0.1, 0.15) is 23.7 Å². The van der Waals surface area contributed by atoms with E-state index in [2.05, 4.69) is 15.3 Å². The summed E-state index contributed by atoms with van der Waals surface area (Å²) >= 11 is 0. The van der Waals surface area contributed by atoms with Crippen LogP contribution in [0, 0.1) is 11.3 Å². The smallest absolute Gasteiger partial charge is 0.151 e. The molecule has 1 N–H and O–H groups in total. The van der Waals surface area contributed by atoms with Crippen molar-refractivity contribution in [3.63, 3.8) is 0 Å². The Balaban J connectivity index is 2.35. The van der Waals surface area contributed by atoms with E-state index in [1.165, 1.54) is 12.5 Å². The summed E-state index contributed by atoms with van der Waals surface area (Å²) in [6.45, 7) is 0. The Bertz CT molecular complexity index is 562. The van der Waals surface area contributed by atoms with Crippen LogP contribution in [0.2, 0.25) is 0 Å². The van der Waals surface area contributed by atoms with Gasteiger partial charge >= 0.3 is 0 Å². The van der Waals surface area contributed by atoms with Crippen molar-refractivity contribution in [3.05, 3.63) is 42.4 Å². The van der Waals surface area contributed by atoms with E-state index in [1.54, 1.807) is 7.11 Å². The van der Waals surface area contributed by atoms with Gasteiger partial charge in [0.15, 0.2) is 5.82 Å². The molecule has 17 heavy (non-hydrogen) atoms. The molecule has 0 amide bonds. The Labute approximate surface area is 98.7 Å². The van der Waals surface area contributed by atoms with Crippen molar-refractivity contribution in [2.45, 2.75) is 0 Å². The number of hydrogen-bond donors (Lipinski definition) is 1. The van der Waals surface area contributed by atoms with Crippen molar-refractivity contribution < 1.29 is 4.74 Å². The van der Waals surface area contributed by atoms with Crippen molar-refractivity contribution in [1.29, 1.82) is 5.26 Å². The lowest BCUT2D eigenvalue weighted by Gasteiger charge is -2.10. The predicted molar refractivity (Wildman–Crippen MR) is 63.0 cm³/mol. The van der Waals surface area contributed by atoms with Gasteiger partial charge in [-0.25, -0.2) is 9.97 Å². The number of para-hydroxylation sites is 2. The number of ether oxygens (including phenoxy) is 1. The number of nitrogens with one attached hydrogen (secondary N) is 1. The summed E-state index contributed by atoms with van der Waals surface area (Å²) < 4.78 is 5.20. The van der Waals surface area contributed by atoms with E-state index >= 15 is 0 Å². The third kappa shape index (κ3) is 2.32. The molecule has 0 saturated carbocycles. The first-order valence-corrected chi connectivity index (χ1v) is 4.95. The van der Waals surface area contributed by atoms with Gasteiger partial charge in [0.2, 0.25) is 0 Å². The maximum absolute atomic E-state index is 8.92. The highest BCUT2D eigenvalue weighted by Crippen LogP contribution is 2.26. The molecule has 1 aromatic carbocycles. The van der Waals surface area contributed by atoms with Crippen LogP contribution < -0.4 is 10.1 Å². The van der Waals surface area contributed by atoms with Crippen LogP contribution in [0.4, 0.5) is 11.5 Å². The summed E-state index contributed by atoms with van der Waals surface area (Å²) in [6, 6.07) is 9.45. The Kier molecular flexibility index (Phi) is 3.17. The summed E-state index contributed by atoms with van der Waals surface area (Å²) in [5.74, 6) is 1.15. The fraction of sp³-hybridized carbons (Fsp3) is 0.0833. The van der Waals surface area contributed by atoms with E-state index in [0.29, 0.717) is 17.1 Å². The molecule has 5 nitrogen and oxygen atoms in total. The normalized spacial score (nSPS) is 9.41. The fourth-order valence-corrected chi connectivity index (χ4v) is 1.39. The highest BCUT2D eigenvalue weighted by molar-refractivity contribution is 5.67. The number of methoxy groups -OCH3 is 1. The fourth-order valence-electron chi connectivity index (χ4n) is 1.39. The number of benzene rings is 1. The zero-order valence-corrected chi connectivity index (χ0v) is 9.21. The molecule has 0 aliphatic rings. The van der Waals surface area contributed by atoms with E-state index in [0.717, 1.165) is 5.69 Å². The minimum atomic E-state index is 0.387. The molecular formula is C12H10N4O. The van der Waals surface area contributed by atoms with Gasteiger partial charge in [-0.15, -0.1) is 0 Å². The average molecular weight is 226 g/mol. The molecule has 0 aliphatic carbocycles. The van der Waals surface area contributed by atoms with Gasteiger partial charge in [0.05, 0.1) is 19.0 Å². The largest absolute Gasteiger partial charge is 0.495 e. The predicted octanol–water partition coefficient (Wildman–Crippen LogP) is 2.10. The molecule has 0 bridgehead atoms. The van der Waals surface area contributed by atoms with E-state index in [1.807, 2.05) is 30.3 Å². The molecule has 1 aromatic heterocycles. The van der Waals surface area contributed by atoms with Gasteiger partial charge < -0.3 is 10.1 Å². The number of rotatable bonds is 3. The van der Waals surface area contributed by atoms with E-state index < -0.39 is 0 Å². The molecular weight excluding hydrogens is 216 g/mol. The highest BCUT2D eigenvalue weighted by atomic mass is 16.5. The van der Waals surface area contributed by atoms with Crippen LogP contribution in [0.15, 0.2) is 36.8 Å². The van der Waals surface area contributed by atoms with Crippen molar-refractivity contribution in [3.8, 4) is 11.8 Å². The van der Waals surface area contributed by atoms with E-state index in [-0.39, 0.29) is 0 Å². The molecule has 0 unspecified atom stereocenters. The molecule has 0 aliphatic heterocycles. The molecule has 0 saturated heterocycles. The molecule has 2 rings (SSSR count). The number of anilines is 2. The van der Waals surface area contributed by atoms with Crippen LogP contribution >= 0.6 is 0 Å². The first kappa shape index (κ1) is 10.9. The molecule has 5 heteroatoms.